The first-order valence-corrected chi connectivity index (χ1v) is 11.3. The van der Waals surface area contributed by atoms with Crippen LogP contribution in [-0.4, -0.2) is 52.1 Å². The van der Waals surface area contributed by atoms with E-state index in [2.05, 4.69) is 20.8 Å². The summed E-state index contributed by atoms with van der Waals surface area (Å²) in [6.07, 6.45) is 2.10. The predicted molar refractivity (Wildman–Crippen MR) is 107 cm³/mol. The third-order valence-corrected chi connectivity index (χ3v) is 6.94. The van der Waals surface area contributed by atoms with Gasteiger partial charge >= 0.3 is 0 Å². The molecule has 3 heterocycles. The van der Waals surface area contributed by atoms with Gasteiger partial charge in [0.2, 0.25) is 0 Å². The average molecular weight is 416 g/mol. The molecule has 1 aromatic carbocycles. The third-order valence-electron chi connectivity index (χ3n) is 4.35. The van der Waals surface area contributed by atoms with Crippen LogP contribution >= 0.6 is 11.3 Å². The van der Waals surface area contributed by atoms with E-state index in [0.717, 1.165) is 10.4 Å². The number of hydrogen-bond acceptors (Lipinski definition) is 7. The van der Waals surface area contributed by atoms with Crippen LogP contribution in [-0.2, 0) is 14.6 Å². The van der Waals surface area contributed by atoms with Gasteiger partial charge in [-0.1, -0.05) is 36.4 Å². The van der Waals surface area contributed by atoms with E-state index in [0.29, 0.717) is 12.2 Å². The van der Waals surface area contributed by atoms with Gasteiger partial charge in [0.25, 0.3) is 5.91 Å². The van der Waals surface area contributed by atoms with Gasteiger partial charge in [-0.3, -0.25) is 4.79 Å². The number of tetrazole rings is 1. The Morgan fingerprint density at radius 3 is 2.71 bits per heavy atom. The molecule has 1 saturated heterocycles. The number of sulfone groups is 1. The molecule has 8 nitrogen and oxygen atoms in total. The zero-order valence-corrected chi connectivity index (χ0v) is 16.4. The molecule has 0 bridgehead atoms. The molecule has 1 unspecified atom stereocenters. The van der Waals surface area contributed by atoms with Gasteiger partial charge in [-0.05, 0) is 34.4 Å². The number of rotatable bonds is 5. The van der Waals surface area contributed by atoms with Crippen LogP contribution < -0.4 is 5.32 Å². The minimum atomic E-state index is -3.10. The van der Waals surface area contributed by atoms with E-state index >= 15 is 0 Å². The Labute approximate surface area is 165 Å². The molecule has 28 heavy (non-hydrogen) atoms. The lowest BCUT2D eigenvalue weighted by Gasteiger charge is -2.14. The first kappa shape index (κ1) is 18.5. The van der Waals surface area contributed by atoms with E-state index in [1.807, 2.05) is 47.8 Å². The molecule has 4 rings (SSSR count). The van der Waals surface area contributed by atoms with E-state index < -0.39 is 21.8 Å². The van der Waals surface area contributed by atoms with Crippen molar-refractivity contribution in [3.63, 3.8) is 0 Å². The van der Waals surface area contributed by atoms with Crippen molar-refractivity contribution in [2.75, 3.05) is 11.5 Å². The first-order valence-electron chi connectivity index (χ1n) is 8.62. The molecule has 10 heteroatoms. The predicted octanol–water partition coefficient (Wildman–Crippen LogP) is 1.70. The zero-order chi connectivity index (χ0) is 19.6. The van der Waals surface area contributed by atoms with Crippen molar-refractivity contribution in [2.24, 2.45) is 0 Å². The molecule has 0 spiro atoms. The van der Waals surface area contributed by atoms with Gasteiger partial charge in [-0.25, -0.2) is 8.42 Å². The van der Waals surface area contributed by atoms with Crippen molar-refractivity contribution >= 4 is 38.9 Å². The Balaban J connectivity index is 1.70. The highest BCUT2D eigenvalue weighted by Gasteiger charge is 2.30. The topological polar surface area (TPSA) is 107 Å². The van der Waals surface area contributed by atoms with Crippen LogP contribution in [0, 0.1) is 0 Å². The van der Waals surface area contributed by atoms with Gasteiger partial charge in [-0.2, -0.15) is 4.68 Å². The van der Waals surface area contributed by atoms with Gasteiger partial charge in [-0.15, -0.1) is 16.4 Å². The van der Waals surface area contributed by atoms with Gasteiger partial charge in [0.15, 0.2) is 15.7 Å². The maximum Gasteiger partial charge on any atom is 0.270 e. The highest BCUT2D eigenvalue weighted by Crippen LogP contribution is 2.22. The number of amides is 1. The number of nitrogens with zero attached hydrogens (tertiary/aromatic N) is 4. The molecule has 1 atom stereocenters. The van der Waals surface area contributed by atoms with Crippen molar-refractivity contribution in [1.82, 2.24) is 25.5 Å². The van der Waals surface area contributed by atoms with E-state index in [1.54, 1.807) is 6.08 Å². The second-order valence-electron chi connectivity index (χ2n) is 6.40. The first-order chi connectivity index (χ1) is 13.5. The molecule has 1 amide bonds. The Kier molecular flexibility index (Phi) is 5.05. The molecule has 1 fully saturated rings. The summed E-state index contributed by atoms with van der Waals surface area (Å²) in [4.78, 5) is 13.9. The maximum atomic E-state index is 13.0. The van der Waals surface area contributed by atoms with E-state index in [-0.39, 0.29) is 17.2 Å². The van der Waals surface area contributed by atoms with E-state index in [1.165, 1.54) is 16.0 Å². The number of thiophene rings is 1. The molecule has 0 aliphatic carbocycles. The lowest BCUT2D eigenvalue weighted by Crippen LogP contribution is -2.37. The minimum Gasteiger partial charge on any atom is -0.347 e. The molecule has 3 aromatic rings. The maximum absolute atomic E-state index is 13.0. The summed E-state index contributed by atoms with van der Waals surface area (Å²) in [6.45, 7) is 0. The van der Waals surface area contributed by atoms with Crippen molar-refractivity contribution in [3.05, 3.63) is 52.7 Å². The van der Waals surface area contributed by atoms with Crippen LogP contribution in [0.1, 0.15) is 11.3 Å². The third kappa shape index (κ3) is 4.02. The van der Waals surface area contributed by atoms with Crippen molar-refractivity contribution in [3.8, 4) is 11.4 Å². The fraction of sp³-hybridized carbons (Fsp3) is 0.222. The number of carbonyl (C=O) groups is 1. The summed E-state index contributed by atoms with van der Waals surface area (Å²) >= 11 is 1.48. The molecule has 0 saturated carbocycles. The Hall–Kier alpha value is -2.85. The summed E-state index contributed by atoms with van der Waals surface area (Å²) < 4.78 is 24.8. The van der Waals surface area contributed by atoms with Gasteiger partial charge in [0.1, 0.15) is 5.70 Å². The van der Waals surface area contributed by atoms with Crippen molar-refractivity contribution < 1.29 is 13.2 Å². The lowest BCUT2D eigenvalue weighted by atomic mass is 10.2. The Bertz CT molecular complexity index is 1110. The van der Waals surface area contributed by atoms with Crippen molar-refractivity contribution in [2.45, 2.75) is 12.5 Å². The molecule has 2 aromatic heterocycles. The molecule has 144 valence electrons. The molecule has 1 aliphatic heterocycles. The van der Waals surface area contributed by atoms with Crippen LogP contribution in [0.3, 0.4) is 0 Å². The highest BCUT2D eigenvalue weighted by molar-refractivity contribution is 7.91. The number of hydrogen-bond donors (Lipinski definition) is 1. The minimum absolute atomic E-state index is 0.0494. The SMILES string of the molecule is O=C(NC1CCS(=O)(=O)C1)/C(=C/c1cccs1)n1nnnc1-c1ccccc1. The molecule has 1 N–H and O–H groups in total. The second-order valence-corrected chi connectivity index (χ2v) is 9.61. The Morgan fingerprint density at radius 1 is 1.21 bits per heavy atom. The normalized spacial score (nSPS) is 18.9. The smallest absolute Gasteiger partial charge is 0.270 e. The fourth-order valence-electron chi connectivity index (χ4n) is 3.02. The zero-order valence-electron chi connectivity index (χ0n) is 14.7. The molecular weight excluding hydrogens is 398 g/mol. The van der Waals surface area contributed by atoms with Crippen LogP contribution in [0.4, 0.5) is 0 Å². The summed E-state index contributed by atoms with van der Waals surface area (Å²) in [6, 6.07) is 12.7. The summed E-state index contributed by atoms with van der Waals surface area (Å²) in [7, 11) is -3.10. The molecule has 1 aliphatic rings. The number of benzene rings is 1. The van der Waals surface area contributed by atoms with Crippen LogP contribution in [0.2, 0.25) is 0 Å². The van der Waals surface area contributed by atoms with E-state index in [4.69, 9.17) is 0 Å². The summed E-state index contributed by atoms with van der Waals surface area (Å²) in [5, 5.41) is 16.5. The van der Waals surface area contributed by atoms with Crippen LogP contribution in [0.15, 0.2) is 47.8 Å². The fourth-order valence-corrected chi connectivity index (χ4v) is 5.34. The van der Waals surface area contributed by atoms with Gasteiger partial charge in [0.05, 0.1) is 11.5 Å². The van der Waals surface area contributed by atoms with Crippen molar-refractivity contribution in [1.29, 1.82) is 0 Å². The van der Waals surface area contributed by atoms with Gasteiger partial charge < -0.3 is 5.32 Å². The largest absolute Gasteiger partial charge is 0.347 e. The van der Waals surface area contributed by atoms with Gasteiger partial charge in [0, 0.05) is 16.5 Å². The number of carbonyl (C=O) groups excluding carboxylic acids is 1. The monoisotopic (exact) mass is 415 g/mol. The molecular formula is C18H17N5O3S2. The summed E-state index contributed by atoms with van der Waals surface area (Å²) in [5.41, 5.74) is 0.997. The molecule has 0 radical (unpaired) electrons. The number of nitrogens with one attached hydrogen (secondary N) is 1. The quantitative estimate of drug-likeness (QED) is 0.636. The average Bonchev–Trinajstić information content (AvgIpc) is 3.41. The lowest BCUT2D eigenvalue weighted by molar-refractivity contribution is -0.116. The Morgan fingerprint density at radius 2 is 2.04 bits per heavy atom. The standard InChI is InChI=1S/C18H17N5O3S2/c24-18(19-14-8-10-28(25,26)12-14)16(11-15-7-4-9-27-15)23-17(20-21-22-23)13-5-2-1-3-6-13/h1-7,9,11,14H,8,10,12H2,(H,19,24)/b16-11-. The van der Waals surface area contributed by atoms with Crippen LogP contribution in [0.25, 0.3) is 23.2 Å². The summed E-state index contributed by atoms with van der Waals surface area (Å²) in [5.74, 6) is 0.0476. The number of aromatic nitrogens is 4. The van der Waals surface area contributed by atoms with E-state index in [9.17, 15) is 13.2 Å². The van der Waals surface area contributed by atoms with Crippen LogP contribution in [0.5, 0.6) is 0 Å². The highest BCUT2D eigenvalue weighted by atomic mass is 32.2. The second kappa shape index (κ2) is 7.64.